The second-order valence-electron chi connectivity index (χ2n) is 7.01. The molecule has 3 nitrogen and oxygen atoms in total. The zero-order chi connectivity index (χ0) is 22.6. The van der Waals surface area contributed by atoms with Crippen molar-refractivity contribution in [3.8, 4) is 0 Å². The molecule has 0 saturated carbocycles. The van der Waals surface area contributed by atoms with Crippen molar-refractivity contribution in [2.24, 2.45) is 0 Å². The monoisotopic (exact) mass is 453 g/mol. The van der Waals surface area contributed by atoms with Gasteiger partial charge in [0.1, 0.15) is 5.69 Å². The number of aromatic nitrogens is 1. The molecule has 0 aliphatic rings. The zero-order valence-electron chi connectivity index (χ0n) is 16.7. The lowest BCUT2D eigenvalue weighted by Gasteiger charge is -2.18. The predicted molar refractivity (Wildman–Crippen MR) is 114 cm³/mol. The summed E-state index contributed by atoms with van der Waals surface area (Å²) in [5, 5.41) is 6.36. The van der Waals surface area contributed by atoms with Crippen molar-refractivity contribution in [1.29, 1.82) is 0 Å². The number of thioether (sulfide) groups is 1. The first-order valence-electron chi connectivity index (χ1n) is 9.37. The predicted octanol–water partition coefficient (Wildman–Crippen LogP) is 7.02. The minimum Gasteiger partial charge on any atom is -0.382 e. The molecule has 0 spiro atoms. The lowest BCUT2D eigenvalue weighted by molar-refractivity contribution is -0.141. The van der Waals surface area contributed by atoms with Gasteiger partial charge in [0.15, 0.2) is 11.6 Å². The second kappa shape index (κ2) is 9.55. The highest BCUT2D eigenvalue weighted by Crippen LogP contribution is 2.31. The van der Waals surface area contributed by atoms with Gasteiger partial charge in [-0.15, -0.1) is 11.8 Å². The summed E-state index contributed by atoms with van der Waals surface area (Å²) in [6.45, 7) is 3.84. The Balaban J connectivity index is 1.59. The molecule has 1 unspecified atom stereocenters. The van der Waals surface area contributed by atoms with Crippen LogP contribution in [0.3, 0.4) is 0 Å². The van der Waals surface area contributed by atoms with E-state index in [1.807, 2.05) is 26.0 Å². The van der Waals surface area contributed by atoms with Crippen molar-refractivity contribution in [3.05, 3.63) is 77.6 Å². The summed E-state index contributed by atoms with van der Waals surface area (Å²) in [4.78, 5) is 3.86. The first kappa shape index (κ1) is 22.9. The maximum absolute atomic E-state index is 13.4. The highest BCUT2D eigenvalue weighted by Gasteiger charge is 2.32. The van der Waals surface area contributed by atoms with Crippen LogP contribution >= 0.6 is 11.8 Å². The van der Waals surface area contributed by atoms with Gasteiger partial charge in [-0.2, -0.15) is 13.2 Å². The van der Waals surface area contributed by atoms with Crippen LogP contribution in [0.15, 0.2) is 59.6 Å². The van der Waals surface area contributed by atoms with Crippen molar-refractivity contribution < 1.29 is 22.0 Å². The molecule has 0 amide bonds. The van der Waals surface area contributed by atoms with Gasteiger partial charge in [-0.25, -0.2) is 8.78 Å². The lowest BCUT2D eigenvalue weighted by Crippen LogP contribution is -2.18. The first-order chi connectivity index (χ1) is 14.6. The van der Waals surface area contributed by atoms with E-state index in [9.17, 15) is 22.0 Å². The van der Waals surface area contributed by atoms with E-state index in [1.54, 1.807) is 12.1 Å². The Morgan fingerprint density at radius 3 is 2.35 bits per heavy atom. The van der Waals surface area contributed by atoms with Gasteiger partial charge in [-0.05, 0) is 61.9 Å². The van der Waals surface area contributed by atoms with Crippen LogP contribution in [0.1, 0.15) is 18.2 Å². The molecular weight excluding hydrogens is 433 g/mol. The highest BCUT2D eigenvalue weighted by atomic mass is 32.2. The van der Waals surface area contributed by atoms with Crippen molar-refractivity contribution >= 4 is 28.8 Å². The molecule has 0 saturated heterocycles. The first-order valence-corrected chi connectivity index (χ1v) is 10.4. The number of benzene rings is 2. The van der Waals surface area contributed by atoms with E-state index < -0.39 is 23.5 Å². The number of pyridine rings is 1. The summed E-state index contributed by atoms with van der Waals surface area (Å²) in [5.74, 6) is -1.28. The molecule has 0 radical (unpaired) electrons. The Hall–Kier alpha value is -2.81. The smallest absolute Gasteiger partial charge is 0.382 e. The van der Waals surface area contributed by atoms with Crippen LogP contribution in [0.4, 0.5) is 39.0 Å². The van der Waals surface area contributed by atoms with Crippen LogP contribution in [0.5, 0.6) is 0 Å². The molecular formula is C22H20F5N3S. The molecule has 1 aromatic heterocycles. The normalized spacial score (nSPS) is 12.5. The standard InChI is InChI=1S/C22H20F5N3S/c1-13-9-15(30-16-3-5-18(23)19(24)10-16)4-6-20(13)29-14(2)12-31-17-7-8-28-21(11-17)22(25,26)27/h3-11,14,29-30H,12H2,1-2H3. The third-order valence-electron chi connectivity index (χ3n) is 4.36. The minimum atomic E-state index is -4.47. The Labute approximate surface area is 181 Å². The van der Waals surface area contributed by atoms with Crippen LogP contribution in [0.2, 0.25) is 0 Å². The van der Waals surface area contributed by atoms with Gasteiger partial charge in [0.25, 0.3) is 0 Å². The fourth-order valence-corrected chi connectivity index (χ4v) is 3.71. The Morgan fingerprint density at radius 2 is 1.68 bits per heavy atom. The summed E-state index contributed by atoms with van der Waals surface area (Å²) >= 11 is 1.31. The molecule has 31 heavy (non-hydrogen) atoms. The molecule has 0 aliphatic heterocycles. The van der Waals surface area contributed by atoms with E-state index in [2.05, 4.69) is 15.6 Å². The highest BCUT2D eigenvalue weighted by molar-refractivity contribution is 7.99. The lowest BCUT2D eigenvalue weighted by atomic mass is 10.1. The summed E-state index contributed by atoms with van der Waals surface area (Å²) in [6.07, 6.45) is -3.31. The molecule has 2 N–H and O–H groups in total. The molecule has 3 rings (SSSR count). The zero-order valence-corrected chi connectivity index (χ0v) is 17.5. The average molecular weight is 453 g/mol. The van der Waals surface area contributed by atoms with E-state index in [0.717, 1.165) is 35.6 Å². The van der Waals surface area contributed by atoms with E-state index >= 15 is 0 Å². The number of rotatable bonds is 7. The van der Waals surface area contributed by atoms with Crippen molar-refractivity contribution in [2.45, 2.75) is 31.0 Å². The quantitative estimate of drug-likeness (QED) is 0.298. The maximum Gasteiger partial charge on any atom is 0.433 e. The summed E-state index contributed by atoms with van der Waals surface area (Å²) in [5.41, 5.74) is 2.03. The third kappa shape index (κ3) is 6.33. The molecule has 0 aliphatic carbocycles. The third-order valence-corrected chi connectivity index (χ3v) is 5.61. The van der Waals surface area contributed by atoms with E-state index in [1.165, 1.54) is 17.8 Å². The number of alkyl halides is 3. The SMILES string of the molecule is Cc1cc(Nc2ccc(F)c(F)c2)ccc1NC(C)CSc1ccnc(C(F)(F)F)c1. The van der Waals surface area contributed by atoms with Crippen LogP contribution < -0.4 is 10.6 Å². The average Bonchev–Trinajstić information content (AvgIpc) is 2.71. The fourth-order valence-electron chi connectivity index (χ4n) is 2.83. The largest absolute Gasteiger partial charge is 0.433 e. The molecule has 1 atom stereocenters. The molecule has 0 fully saturated rings. The van der Waals surface area contributed by atoms with Crippen molar-refractivity contribution in [1.82, 2.24) is 4.98 Å². The summed E-state index contributed by atoms with van der Waals surface area (Å²) < 4.78 is 64.8. The summed E-state index contributed by atoms with van der Waals surface area (Å²) in [7, 11) is 0. The van der Waals surface area contributed by atoms with E-state index in [-0.39, 0.29) is 6.04 Å². The van der Waals surface area contributed by atoms with Gasteiger partial charge in [-0.1, -0.05) is 0 Å². The molecule has 3 aromatic rings. The number of hydrogen-bond donors (Lipinski definition) is 2. The van der Waals surface area contributed by atoms with Crippen LogP contribution in [0, 0.1) is 18.6 Å². The van der Waals surface area contributed by atoms with Gasteiger partial charge in [0.2, 0.25) is 0 Å². The van der Waals surface area contributed by atoms with Gasteiger partial charge in [-0.3, -0.25) is 4.98 Å². The fraction of sp³-hybridized carbons (Fsp3) is 0.227. The van der Waals surface area contributed by atoms with Crippen molar-refractivity contribution in [2.75, 3.05) is 16.4 Å². The van der Waals surface area contributed by atoms with Crippen LogP contribution in [0.25, 0.3) is 0 Å². The number of anilines is 3. The van der Waals surface area contributed by atoms with Crippen LogP contribution in [-0.4, -0.2) is 16.8 Å². The van der Waals surface area contributed by atoms with E-state index in [0.29, 0.717) is 22.0 Å². The maximum atomic E-state index is 13.4. The Morgan fingerprint density at radius 1 is 0.968 bits per heavy atom. The number of halogens is 5. The number of nitrogens with zero attached hydrogens (tertiary/aromatic N) is 1. The topological polar surface area (TPSA) is 37.0 Å². The summed E-state index contributed by atoms with van der Waals surface area (Å²) in [6, 6.07) is 11.7. The Kier molecular flexibility index (Phi) is 7.04. The van der Waals surface area contributed by atoms with Gasteiger partial charge < -0.3 is 10.6 Å². The Bertz CT molecular complexity index is 1060. The number of aryl methyl sites for hydroxylation is 1. The molecule has 0 bridgehead atoms. The molecule has 1 heterocycles. The molecule has 164 valence electrons. The number of hydrogen-bond acceptors (Lipinski definition) is 4. The minimum absolute atomic E-state index is 0.0174. The van der Waals surface area contributed by atoms with Gasteiger partial charge in [0.05, 0.1) is 0 Å². The number of nitrogens with one attached hydrogen (secondary N) is 2. The second-order valence-corrected chi connectivity index (χ2v) is 8.11. The van der Waals surface area contributed by atoms with Crippen LogP contribution in [-0.2, 0) is 6.18 Å². The molecule has 2 aromatic carbocycles. The van der Waals surface area contributed by atoms with Crippen molar-refractivity contribution in [3.63, 3.8) is 0 Å². The molecule has 9 heteroatoms. The van der Waals surface area contributed by atoms with E-state index in [4.69, 9.17) is 0 Å². The van der Waals surface area contributed by atoms with Gasteiger partial charge >= 0.3 is 6.18 Å². The van der Waals surface area contributed by atoms with Gasteiger partial charge in [0, 0.05) is 46.0 Å².